The van der Waals surface area contributed by atoms with Gasteiger partial charge in [-0.1, -0.05) is 49.4 Å². The molecule has 1 heterocycles. The van der Waals surface area contributed by atoms with Crippen LogP contribution < -0.4 is 9.47 Å². The molecule has 0 radical (unpaired) electrons. The molecule has 1 aliphatic rings. The van der Waals surface area contributed by atoms with E-state index < -0.39 is 17.7 Å². The minimum absolute atomic E-state index is 0.0670. The van der Waals surface area contributed by atoms with Crippen LogP contribution in [0.2, 0.25) is 0 Å². The lowest BCUT2D eigenvalue weighted by Crippen LogP contribution is -2.29. The molecule has 1 atom stereocenters. The molecular weight excluding hydrogens is 442 g/mol. The van der Waals surface area contributed by atoms with E-state index in [1.807, 2.05) is 56.3 Å². The molecule has 0 saturated carbocycles. The molecule has 6 nitrogen and oxygen atoms in total. The number of Topliss-reactive ketones (excluding diaryl/α,β-unsaturated/α-hetero) is 1. The zero-order valence-corrected chi connectivity index (χ0v) is 19.9. The van der Waals surface area contributed by atoms with E-state index in [1.54, 1.807) is 36.4 Å². The molecule has 3 aromatic rings. The molecule has 1 N–H and O–H groups in total. The third kappa shape index (κ3) is 5.22. The fraction of sp³-hybridized carbons (Fsp3) is 0.241. The van der Waals surface area contributed by atoms with Crippen molar-refractivity contribution in [2.75, 3.05) is 13.2 Å². The lowest BCUT2D eigenvalue weighted by Gasteiger charge is -2.25. The van der Waals surface area contributed by atoms with E-state index in [0.717, 1.165) is 12.0 Å². The summed E-state index contributed by atoms with van der Waals surface area (Å²) in [5.74, 6) is -0.185. The van der Waals surface area contributed by atoms with Crippen LogP contribution in [0.5, 0.6) is 11.5 Å². The van der Waals surface area contributed by atoms with Gasteiger partial charge in [0.1, 0.15) is 17.3 Å². The minimum Gasteiger partial charge on any atom is -0.507 e. The van der Waals surface area contributed by atoms with Crippen LogP contribution in [0.15, 0.2) is 84.4 Å². The first-order valence-electron chi connectivity index (χ1n) is 11.8. The molecule has 0 aromatic heterocycles. The first-order valence-corrected chi connectivity index (χ1v) is 11.8. The van der Waals surface area contributed by atoms with Gasteiger partial charge in [-0.3, -0.25) is 9.59 Å². The zero-order valence-electron chi connectivity index (χ0n) is 19.9. The second-order valence-electron chi connectivity index (χ2n) is 8.29. The molecule has 3 aromatic carbocycles. The van der Waals surface area contributed by atoms with E-state index in [-0.39, 0.29) is 17.9 Å². The van der Waals surface area contributed by atoms with Crippen LogP contribution in [-0.2, 0) is 16.1 Å². The number of carbonyl (C=O) groups is 2. The van der Waals surface area contributed by atoms with Crippen LogP contribution in [0, 0.1) is 0 Å². The summed E-state index contributed by atoms with van der Waals surface area (Å²) < 4.78 is 11.2. The van der Waals surface area contributed by atoms with Gasteiger partial charge in [0.25, 0.3) is 11.7 Å². The van der Waals surface area contributed by atoms with E-state index in [2.05, 4.69) is 0 Å². The Labute approximate surface area is 205 Å². The van der Waals surface area contributed by atoms with Crippen LogP contribution in [0.1, 0.15) is 43.0 Å². The standard InChI is InChI=1S/C29H29NO5/c1-3-18-35-24-16-12-22(13-17-24)27(31)25-26(21-10-14-23(15-11-21)34-4-2)30(29(33)28(25)32)19-20-8-6-5-7-9-20/h5-17,26,31H,3-4,18-19H2,1-2H3. The van der Waals surface area contributed by atoms with Crippen molar-refractivity contribution in [3.05, 3.63) is 101 Å². The first-order chi connectivity index (χ1) is 17.0. The summed E-state index contributed by atoms with van der Waals surface area (Å²) in [6.45, 7) is 5.29. The minimum atomic E-state index is -0.734. The van der Waals surface area contributed by atoms with E-state index >= 15 is 0 Å². The van der Waals surface area contributed by atoms with Crippen LogP contribution in [-0.4, -0.2) is 34.9 Å². The maximum absolute atomic E-state index is 13.2. The van der Waals surface area contributed by atoms with Crippen molar-refractivity contribution in [3.63, 3.8) is 0 Å². The van der Waals surface area contributed by atoms with Crippen LogP contribution in [0.3, 0.4) is 0 Å². The van der Waals surface area contributed by atoms with Crippen molar-refractivity contribution < 1.29 is 24.2 Å². The number of aliphatic hydroxyl groups excluding tert-OH is 1. The number of ether oxygens (including phenoxy) is 2. The Balaban J connectivity index is 1.77. The van der Waals surface area contributed by atoms with Gasteiger partial charge in [0.15, 0.2) is 0 Å². The molecule has 0 bridgehead atoms. The number of ketones is 1. The number of likely N-dealkylation sites (tertiary alicyclic amines) is 1. The number of carbonyl (C=O) groups excluding carboxylic acids is 2. The number of aliphatic hydroxyl groups is 1. The molecular formula is C29H29NO5. The molecule has 1 unspecified atom stereocenters. The monoisotopic (exact) mass is 471 g/mol. The Morgan fingerprint density at radius 1 is 0.857 bits per heavy atom. The summed E-state index contributed by atoms with van der Waals surface area (Å²) in [7, 11) is 0. The normalized spacial score (nSPS) is 17.0. The quantitative estimate of drug-likeness (QED) is 0.254. The predicted molar refractivity (Wildman–Crippen MR) is 134 cm³/mol. The second-order valence-corrected chi connectivity index (χ2v) is 8.29. The summed E-state index contributed by atoms with van der Waals surface area (Å²) in [5.41, 5.74) is 2.12. The summed E-state index contributed by atoms with van der Waals surface area (Å²) in [6.07, 6.45) is 0.884. The predicted octanol–water partition coefficient (Wildman–Crippen LogP) is 5.50. The Morgan fingerprint density at radius 3 is 2.11 bits per heavy atom. The largest absolute Gasteiger partial charge is 0.507 e. The highest BCUT2D eigenvalue weighted by atomic mass is 16.5. The Kier molecular flexibility index (Phi) is 7.51. The van der Waals surface area contributed by atoms with E-state index in [0.29, 0.717) is 35.8 Å². The molecule has 0 spiro atoms. The van der Waals surface area contributed by atoms with Gasteiger partial charge in [-0.15, -0.1) is 0 Å². The van der Waals surface area contributed by atoms with Gasteiger partial charge < -0.3 is 19.5 Å². The Hall–Kier alpha value is -4.06. The van der Waals surface area contributed by atoms with Crippen molar-refractivity contribution in [1.29, 1.82) is 0 Å². The van der Waals surface area contributed by atoms with Gasteiger partial charge in [-0.05, 0) is 60.9 Å². The highest BCUT2D eigenvalue weighted by molar-refractivity contribution is 6.46. The maximum Gasteiger partial charge on any atom is 0.295 e. The molecule has 4 rings (SSSR count). The summed E-state index contributed by atoms with van der Waals surface area (Å²) in [4.78, 5) is 27.9. The first kappa shape index (κ1) is 24.1. The van der Waals surface area contributed by atoms with Crippen molar-refractivity contribution in [2.24, 2.45) is 0 Å². The highest BCUT2D eigenvalue weighted by Crippen LogP contribution is 2.40. The average Bonchev–Trinajstić information content (AvgIpc) is 3.13. The number of hydrogen-bond acceptors (Lipinski definition) is 5. The van der Waals surface area contributed by atoms with Gasteiger partial charge in [-0.2, -0.15) is 0 Å². The van der Waals surface area contributed by atoms with E-state index in [4.69, 9.17) is 9.47 Å². The van der Waals surface area contributed by atoms with Gasteiger partial charge in [-0.25, -0.2) is 0 Å². The van der Waals surface area contributed by atoms with Gasteiger partial charge in [0.05, 0.1) is 24.8 Å². The molecule has 1 fully saturated rings. The van der Waals surface area contributed by atoms with Gasteiger partial charge in [0.2, 0.25) is 0 Å². The SMILES string of the molecule is CCCOc1ccc(C(O)=C2C(=O)C(=O)N(Cc3ccccc3)C2c2ccc(OCC)cc2)cc1. The summed E-state index contributed by atoms with van der Waals surface area (Å²) in [5, 5.41) is 11.2. The summed E-state index contributed by atoms with van der Waals surface area (Å²) in [6, 6.07) is 22.9. The number of nitrogens with zero attached hydrogens (tertiary/aromatic N) is 1. The van der Waals surface area contributed by atoms with Gasteiger partial charge in [0, 0.05) is 12.1 Å². The topological polar surface area (TPSA) is 76.1 Å². The van der Waals surface area contributed by atoms with Gasteiger partial charge >= 0.3 is 0 Å². The van der Waals surface area contributed by atoms with Crippen LogP contribution >= 0.6 is 0 Å². The lowest BCUT2D eigenvalue weighted by atomic mass is 9.95. The third-order valence-electron chi connectivity index (χ3n) is 5.84. The average molecular weight is 472 g/mol. The highest BCUT2D eigenvalue weighted by Gasteiger charge is 2.46. The zero-order chi connectivity index (χ0) is 24.8. The Bertz CT molecular complexity index is 1200. The van der Waals surface area contributed by atoms with Crippen LogP contribution in [0.4, 0.5) is 0 Å². The molecule has 6 heteroatoms. The second kappa shape index (κ2) is 10.9. The number of rotatable bonds is 9. The van der Waals surface area contributed by atoms with Crippen molar-refractivity contribution >= 4 is 17.4 Å². The molecule has 180 valence electrons. The fourth-order valence-electron chi connectivity index (χ4n) is 4.17. The molecule has 1 saturated heterocycles. The number of benzene rings is 3. The van der Waals surface area contributed by atoms with Crippen molar-refractivity contribution in [3.8, 4) is 11.5 Å². The van der Waals surface area contributed by atoms with E-state index in [9.17, 15) is 14.7 Å². The Morgan fingerprint density at radius 2 is 1.49 bits per heavy atom. The maximum atomic E-state index is 13.2. The molecule has 0 aliphatic carbocycles. The third-order valence-corrected chi connectivity index (χ3v) is 5.84. The number of hydrogen-bond donors (Lipinski definition) is 1. The van der Waals surface area contributed by atoms with E-state index in [1.165, 1.54) is 4.90 Å². The van der Waals surface area contributed by atoms with Crippen molar-refractivity contribution in [2.45, 2.75) is 32.9 Å². The fourth-order valence-corrected chi connectivity index (χ4v) is 4.17. The smallest absolute Gasteiger partial charge is 0.295 e. The summed E-state index contributed by atoms with van der Waals surface area (Å²) >= 11 is 0. The van der Waals surface area contributed by atoms with Crippen molar-refractivity contribution in [1.82, 2.24) is 4.90 Å². The molecule has 35 heavy (non-hydrogen) atoms. The lowest BCUT2D eigenvalue weighted by molar-refractivity contribution is -0.140. The molecule has 1 aliphatic heterocycles. The molecule has 1 amide bonds. The van der Waals surface area contributed by atoms with Crippen LogP contribution in [0.25, 0.3) is 5.76 Å². The number of amides is 1.